The number of nitrogens with zero attached hydrogens (tertiary/aromatic N) is 5. The minimum absolute atomic E-state index is 0.149. The summed E-state index contributed by atoms with van der Waals surface area (Å²) in [5, 5.41) is 0. The molecule has 1 aromatic carbocycles. The zero-order valence-corrected chi connectivity index (χ0v) is 19.3. The molecule has 4 heterocycles. The van der Waals surface area contributed by atoms with E-state index in [4.69, 9.17) is 9.97 Å². The molecule has 2 aliphatic heterocycles. The predicted molar refractivity (Wildman–Crippen MR) is 129 cm³/mol. The Morgan fingerprint density at radius 3 is 2.67 bits per heavy atom. The standard InChI is InChI=1S/C27H31N5O/c1-20-24-17-25(33)32(16-5-9-21-7-3-2-4-8-21)27(24)30-26(29-20)23-10-6-15-31(19-23)18-22-11-13-28-14-12-22/h2-4,7-8,11-14,23H,5-6,9-10,15-19H2,1H3. The summed E-state index contributed by atoms with van der Waals surface area (Å²) in [5.41, 5.74) is 4.56. The van der Waals surface area contributed by atoms with Crippen LogP contribution >= 0.6 is 0 Å². The van der Waals surface area contributed by atoms with Gasteiger partial charge in [0.2, 0.25) is 5.91 Å². The Labute approximate surface area is 195 Å². The van der Waals surface area contributed by atoms with Crippen molar-refractivity contribution in [3.05, 3.63) is 83.1 Å². The molecule has 0 spiro atoms. The van der Waals surface area contributed by atoms with Crippen molar-refractivity contribution in [1.82, 2.24) is 19.9 Å². The third kappa shape index (κ3) is 4.96. The number of piperidine rings is 1. The number of hydrogen-bond acceptors (Lipinski definition) is 5. The molecular formula is C27H31N5O. The molecule has 0 N–H and O–H groups in total. The highest BCUT2D eigenvalue weighted by Crippen LogP contribution is 2.33. The second-order valence-corrected chi connectivity index (χ2v) is 9.21. The van der Waals surface area contributed by atoms with Crippen LogP contribution in [0.3, 0.4) is 0 Å². The van der Waals surface area contributed by atoms with Crippen molar-refractivity contribution in [3.8, 4) is 0 Å². The normalized spacial score (nSPS) is 18.5. The van der Waals surface area contributed by atoms with Gasteiger partial charge in [-0.2, -0.15) is 0 Å². The third-order valence-electron chi connectivity index (χ3n) is 6.81. The molecule has 0 radical (unpaired) electrons. The van der Waals surface area contributed by atoms with Gasteiger partial charge in [-0.3, -0.25) is 19.6 Å². The number of fused-ring (bicyclic) bond motifs is 1. The van der Waals surface area contributed by atoms with Gasteiger partial charge in [-0.15, -0.1) is 0 Å². The van der Waals surface area contributed by atoms with Crippen molar-refractivity contribution in [2.75, 3.05) is 24.5 Å². The second-order valence-electron chi connectivity index (χ2n) is 9.21. The number of hydrogen-bond donors (Lipinski definition) is 0. The lowest BCUT2D eigenvalue weighted by molar-refractivity contribution is -0.117. The molecule has 1 unspecified atom stereocenters. The van der Waals surface area contributed by atoms with E-state index in [-0.39, 0.29) is 5.91 Å². The predicted octanol–water partition coefficient (Wildman–Crippen LogP) is 4.08. The first-order valence-corrected chi connectivity index (χ1v) is 12.0. The molecule has 0 bridgehead atoms. The lowest BCUT2D eigenvalue weighted by Crippen LogP contribution is -2.35. The van der Waals surface area contributed by atoms with E-state index in [2.05, 4.69) is 46.3 Å². The minimum Gasteiger partial charge on any atom is -0.298 e. The van der Waals surface area contributed by atoms with E-state index in [1.165, 1.54) is 11.1 Å². The molecule has 1 atom stereocenters. The van der Waals surface area contributed by atoms with Gasteiger partial charge < -0.3 is 0 Å². The van der Waals surface area contributed by atoms with E-state index in [1.54, 1.807) is 0 Å². The average molecular weight is 442 g/mol. The Balaban J connectivity index is 1.30. The number of rotatable bonds is 7. The lowest BCUT2D eigenvalue weighted by Gasteiger charge is -2.32. The van der Waals surface area contributed by atoms with Crippen LogP contribution in [0.2, 0.25) is 0 Å². The molecule has 5 rings (SSSR count). The summed E-state index contributed by atoms with van der Waals surface area (Å²) in [5.74, 6) is 2.19. The van der Waals surface area contributed by atoms with Crippen LogP contribution in [0.4, 0.5) is 5.82 Å². The molecule has 0 aliphatic carbocycles. The molecular weight excluding hydrogens is 410 g/mol. The Kier molecular flexibility index (Phi) is 6.44. The maximum Gasteiger partial charge on any atom is 0.232 e. The van der Waals surface area contributed by atoms with Crippen molar-refractivity contribution in [2.45, 2.75) is 51.5 Å². The number of carbonyl (C=O) groups is 1. The molecule has 2 aliphatic rings. The van der Waals surface area contributed by atoms with Crippen molar-refractivity contribution in [3.63, 3.8) is 0 Å². The molecule has 2 aromatic heterocycles. The monoisotopic (exact) mass is 441 g/mol. The largest absolute Gasteiger partial charge is 0.298 e. The molecule has 3 aromatic rings. The summed E-state index contributed by atoms with van der Waals surface area (Å²) in [6.45, 7) is 5.69. The highest BCUT2D eigenvalue weighted by molar-refractivity contribution is 6.00. The topological polar surface area (TPSA) is 62.2 Å². The van der Waals surface area contributed by atoms with Gasteiger partial charge in [0.05, 0.1) is 6.42 Å². The smallest absolute Gasteiger partial charge is 0.232 e. The Morgan fingerprint density at radius 2 is 1.85 bits per heavy atom. The van der Waals surface area contributed by atoms with Gasteiger partial charge in [0, 0.05) is 49.2 Å². The minimum atomic E-state index is 0.149. The van der Waals surface area contributed by atoms with Crippen LogP contribution in [0.5, 0.6) is 0 Å². The average Bonchev–Trinajstić information content (AvgIpc) is 3.16. The van der Waals surface area contributed by atoms with E-state index < -0.39 is 0 Å². The highest BCUT2D eigenvalue weighted by atomic mass is 16.2. The van der Waals surface area contributed by atoms with Crippen LogP contribution in [-0.2, 0) is 24.2 Å². The molecule has 6 heteroatoms. The van der Waals surface area contributed by atoms with Crippen LogP contribution in [0.25, 0.3) is 0 Å². The SMILES string of the molecule is Cc1nc(C2CCCN(Cc3ccncc3)C2)nc2c1CC(=O)N2CCCc1ccccc1. The fourth-order valence-corrected chi connectivity index (χ4v) is 5.05. The molecule has 1 amide bonds. The number of likely N-dealkylation sites (tertiary alicyclic amines) is 1. The Bertz CT molecular complexity index is 1100. The van der Waals surface area contributed by atoms with E-state index in [1.807, 2.05) is 30.3 Å². The van der Waals surface area contributed by atoms with E-state index >= 15 is 0 Å². The number of anilines is 1. The van der Waals surface area contributed by atoms with Crippen molar-refractivity contribution in [1.29, 1.82) is 0 Å². The maximum atomic E-state index is 12.8. The first-order valence-electron chi connectivity index (χ1n) is 12.0. The summed E-state index contributed by atoms with van der Waals surface area (Å²) >= 11 is 0. The van der Waals surface area contributed by atoms with Crippen LogP contribution in [0, 0.1) is 6.92 Å². The number of pyridine rings is 1. The maximum absolute atomic E-state index is 12.8. The second kappa shape index (κ2) is 9.79. The Hall–Kier alpha value is -3.12. The third-order valence-corrected chi connectivity index (χ3v) is 6.81. The van der Waals surface area contributed by atoms with Gasteiger partial charge in [0.1, 0.15) is 11.6 Å². The molecule has 0 saturated carbocycles. The molecule has 6 nitrogen and oxygen atoms in total. The van der Waals surface area contributed by atoms with Crippen LogP contribution in [0.15, 0.2) is 54.9 Å². The summed E-state index contributed by atoms with van der Waals surface area (Å²) in [6, 6.07) is 14.6. The van der Waals surface area contributed by atoms with E-state index in [9.17, 15) is 4.79 Å². The molecule has 33 heavy (non-hydrogen) atoms. The van der Waals surface area contributed by atoms with Gasteiger partial charge >= 0.3 is 0 Å². The summed E-state index contributed by atoms with van der Waals surface area (Å²) in [4.78, 5) is 31.2. The highest BCUT2D eigenvalue weighted by Gasteiger charge is 2.33. The van der Waals surface area contributed by atoms with Crippen LogP contribution in [0.1, 0.15) is 53.4 Å². The number of benzene rings is 1. The fourth-order valence-electron chi connectivity index (χ4n) is 5.05. The van der Waals surface area contributed by atoms with Gasteiger partial charge in [-0.25, -0.2) is 9.97 Å². The zero-order chi connectivity index (χ0) is 22.6. The number of amides is 1. The zero-order valence-electron chi connectivity index (χ0n) is 19.3. The van der Waals surface area contributed by atoms with Gasteiger partial charge in [-0.1, -0.05) is 30.3 Å². The van der Waals surface area contributed by atoms with E-state index in [0.717, 1.165) is 68.2 Å². The fraction of sp³-hybridized carbons (Fsp3) is 0.407. The quantitative estimate of drug-likeness (QED) is 0.553. The van der Waals surface area contributed by atoms with Gasteiger partial charge in [0.25, 0.3) is 0 Å². The van der Waals surface area contributed by atoms with Crippen LogP contribution in [-0.4, -0.2) is 45.4 Å². The van der Waals surface area contributed by atoms with Gasteiger partial charge in [-0.05, 0) is 62.4 Å². The first-order chi connectivity index (χ1) is 16.2. The molecule has 170 valence electrons. The molecule has 1 fully saturated rings. The Morgan fingerprint density at radius 1 is 1.03 bits per heavy atom. The summed E-state index contributed by atoms with van der Waals surface area (Å²) in [6.07, 6.45) is 8.24. The van der Waals surface area contributed by atoms with Crippen molar-refractivity contribution >= 4 is 11.7 Å². The van der Waals surface area contributed by atoms with E-state index in [0.29, 0.717) is 18.9 Å². The lowest BCUT2D eigenvalue weighted by atomic mass is 9.96. The number of carbonyl (C=O) groups excluding carboxylic acids is 1. The van der Waals surface area contributed by atoms with Crippen molar-refractivity contribution < 1.29 is 4.79 Å². The number of aromatic nitrogens is 3. The van der Waals surface area contributed by atoms with Crippen molar-refractivity contribution in [2.24, 2.45) is 0 Å². The summed E-state index contributed by atoms with van der Waals surface area (Å²) < 4.78 is 0. The summed E-state index contributed by atoms with van der Waals surface area (Å²) in [7, 11) is 0. The van der Waals surface area contributed by atoms with Gasteiger partial charge in [0.15, 0.2) is 0 Å². The molecule has 1 saturated heterocycles. The van der Waals surface area contributed by atoms with Crippen LogP contribution < -0.4 is 4.90 Å². The first kappa shape index (κ1) is 21.7. The number of aryl methyl sites for hydroxylation is 2.